The van der Waals surface area contributed by atoms with E-state index in [1.54, 1.807) is 29.2 Å². The van der Waals surface area contributed by atoms with Gasteiger partial charge in [-0.05, 0) is 54.1 Å². The normalized spacial score (nSPS) is 11.3. The highest BCUT2D eigenvalue weighted by molar-refractivity contribution is 7.87. The van der Waals surface area contributed by atoms with Gasteiger partial charge in [0, 0.05) is 13.7 Å². The number of carbonyl (C=O) groups is 1. The third-order valence-electron chi connectivity index (χ3n) is 4.15. The minimum atomic E-state index is -4.08. The summed E-state index contributed by atoms with van der Waals surface area (Å²) in [5, 5.41) is 0. The number of hydrogen-bond donors (Lipinski definition) is 0. The molecule has 0 aliphatic rings. The summed E-state index contributed by atoms with van der Waals surface area (Å²) in [5.74, 6) is -0.0257. The van der Waals surface area contributed by atoms with E-state index in [1.807, 2.05) is 0 Å². The lowest BCUT2D eigenvalue weighted by Crippen LogP contribution is -2.32. The molecule has 3 rings (SSSR count). The van der Waals surface area contributed by atoms with Crippen molar-refractivity contribution in [1.29, 1.82) is 0 Å². The first-order chi connectivity index (χ1) is 14.4. The maximum absolute atomic E-state index is 13.0. The fraction of sp³-hybridized carbons (Fsp3) is 0.190. The van der Waals surface area contributed by atoms with Crippen LogP contribution in [0.25, 0.3) is 0 Å². The minimum Gasteiger partial charge on any atom is -0.467 e. The van der Waals surface area contributed by atoms with Gasteiger partial charge < -0.3 is 18.2 Å². The lowest BCUT2D eigenvalue weighted by Gasteiger charge is -2.21. The standard InChI is InChI=1S/C21H20FNO6S/c1-27-15-21(24)23(14-19-3-2-12-28-19)13-16-4-8-18(9-5-16)29-30(25,26)20-10-6-17(22)7-11-20/h2-12H,13-15H2,1H3. The van der Waals surface area contributed by atoms with Gasteiger partial charge in [-0.3, -0.25) is 4.79 Å². The van der Waals surface area contributed by atoms with Crippen LogP contribution >= 0.6 is 0 Å². The number of amides is 1. The molecule has 7 nitrogen and oxygen atoms in total. The lowest BCUT2D eigenvalue weighted by atomic mass is 10.2. The van der Waals surface area contributed by atoms with Gasteiger partial charge in [0.05, 0.1) is 12.8 Å². The van der Waals surface area contributed by atoms with E-state index in [0.29, 0.717) is 5.76 Å². The van der Waals surface area contributed by atoms with Gasteiger partial charge in [-0.1, -0.05) is 12.1 Å². The van der Waals surface area contributed by atoms with E-state index < -0.39 is 15.9 Å². The third-order valence-corrected chi connectivity index (χ3v) is 5.41. The molecule has 0 saturated carbocycles. The Kier molecular flexibility index (Phi) is 6.86. The zero-order valence-corrected chi connectivity index (χ0v) is 17.0. The molecule has 0 atom stereocenters. The zero-order valence-electron chi connectivity index (χ0n) is 16.2. The van der Waals surface area contributed by atoms with Gasteiger partial charge in [0.1, 0.15) is 28.8 Å². The van der Waals surface area contributed by atoms with E-state index >= 15 is 0 Å². The molecule has 0 bridgehead atoms. The van der Waals surface area contributed by atoms with Crippen LogP contribution in [0, 0.1) is 5.82 Å². The summed E-state index contributed by atoms with van der Waals surface area (Å²) < 4.78 is 52.9. The molecule has 0 aliphatic carbocycles. The molecule has 0 aliphatic heterocycles. The topological polar surface area (TPSA) is 86.0 Å². The molecule has 0 spiro atoms. The summed E-state index contributed by atoms with van der Waals surface area (Å²) in [7, 11) is -2.64. The molecule has 0 fully saturated rings. The highest BCUT2D eigenvalue weighted by atomic mass is 32.2. The first kappa shape index (κ1) is 21.5. The van der Waals surface area contributed by atoms with Crippen LogP contribution in [0.15, 0.2) is 76.2 Å². The molecule has 3 aromatic rings. The third kappa shape index (κ3) is 5.68. The Bertz CT molecular complexity index is 1060. The van der Waals surface area contributed by atoms with Gasteiger partial charge in [-0.25, -0.2) is 4.39 Å². The van der Waals surface area contributed by atoms with Crippen molar-refractivity contribution in [2.45, 2.75) is 18.0 Å². The molecule has 158 valence electrons. The predicted octanol–water partition coefficient (Wildman–Crippen LogP) is 3.36. The number of furan rings is 1. The van der Waals surface area contributed by atoms with Crippen molar-refractivity contribution in [3.63, 3.8) is 0 Å². The number of benzene rings is 2. The van der Waals surface area contributed by atoms with Gasteiger partial charge in [0.2, 0.25) is 5.91 Å². The zero-order chi connectivity index (χ0) is 21.6. The summed E-state index contributed by atoms with van der Waals surface area (Å²) in [6.45, 7) is 0.470. The predicted molar refractivity (Wildman–Crippen MR) is 105 cm³/mol. The van der Waals surface area contributed by atoms with Crippen molar-refractivity contribution >= 4 is 16.0 Å². The molecule has 30 heavy (non-hydrogen) atoms. The molecule has 0 saturated heterocycles. The van der Waals surface area contributed by atoms with Crippen molar-refractivity contribution in [2.75, 3.05) is 13.7 Å². The first-order valence-electron chi connectivity index (χ1n) is 8.95. The molecule has 0 radical (unpaired) electrons. The lowest BCUT2D eigenvalue weighted by molar-refractivity contribution is -0.136. The monoisotopic (exact) mass is 433 g/mol. The number of carbonyl (C=O) groups excluding carboxylic acids is 1. The van der Waals surface area contributed by atoms with Crippen molar-refractivity contribution < 1.29 is 30.9 Å². The number of nitrogens with zero attached hydrogens (tertiary/aromatic N) is 1. The Morgan fingerprint density at radius 2 is 1.73 bits per heavy atom. The van der Waals surface area contributed by atoms with E-state index in [2.05, 4.69) is 0 Å². The maximum Gasteiger partial charge on any atom is 0.339 e. The second-order valence-electron chi connectivity index (χ2n) is 6.40. The number of rotatable bonds is 9. The highest BCUT2D eigenvalue weighted by Gasteiger charge is 2.18. The Balaban J connectivity index is 1.70. The number of hydrogen-bond acceptors (Lipinski definition) is 6. The molecule has 1 amide bonds. The van der Waals surface area contributed by atoms with Gasteiger partial charge in [-0.15, -0.1) is 0 Å². The molecule has 9 heteroatoms. The Hall–Kier alpha value is -3.17. The molecule has 0 N–H and O–H groups in total. The van der Waals surface area contributed by atoms with Crippen LogP contribution < -0.4 is 4.18 Å². The Labute approximate surface area is 173 Å². The SMILES string of the molecule is COCC(=O)N(Cc1ccc(OS(=O)(=O)c2ccc(F)cc2)cc1)Cc1ccco1. The summed E-state index contributed by atoms with van der Waals surface area (Å²) >= 11 is 0. The van der Waals surface area contributed by atoms with Crippen LogP contribution in [-0.4, -0.2) is 32.9 Å². The average molecular weight is 433 g/mol. The van der Waals surface area contributed by atoms with Crippen molar-refractivity contribution in [2.24, 2.45) is 0 Å². The van der Waals surface area contributed by atoms with Gasteiger partial charge in [0.25, 0.3) is 0 Å². The second kappa shape index (κ2) is 9.55. The van der Waals surface area contributed by atoms with E-state index in [0.717, 1.165) is 29.8 Å². The Morgan fingerprint density at radius 1 is 1.03 bits per heavy atom. The first-order valence-corrected chi connectivity index (χ1v) is 10.4. The molecular formula is C21H20FNO6S. The van der Waals surface area contributed by atoms with E-state index in [-0.39, 0.29) is 36.2 Å². The van der Waals surface area contributed by atoms with Gasteiger partial charge in [-0.2, -0.15) is 8.42 Å². The number of methoxy groups -OCH3 is 1. The van der Waals surface area contributed by atoms with Crippen LogP contribution in [0.3, 0.4) is 0 Å². The molecule has 1 aromatic heterocycles. The minimum absolute atomic E-state index is 0.0716. The summed E-state index contributed by atoms with van der Waals surface area (Å²) in [5.41, 5.74) is 0.762. The van der Waals surface area contributed by atoms with Crippen LogP contribution in [0.5, 0.6) is 5.75 Å². The van der Waals surface area contributed by atoms with Crippen LogP contribution in [-0.2, 0) is 32.7 Å². The van der Waals surface area contributed by atoms with Crippen LogP contribution in [0.2, 0.25) is 0 Å². The van der Waals surface area contributed by atoms with Crippen LogP contribution in [0.4, 0.5) is 4.39 Å². The molecular weight excluding hydrogens is 413 g/mol. The fourth-order valence-corrected chi connectivity index (χ4v) is 3.61. The molecule has 1 heterocycles. The van der Waals surface area contributed by atoms with Crippen molar-refractivity contribution in [3.8, 4) is 5.75 Å². The summed E-state index contributed by atoms with van der Waals surface area (Å²) in [6.07, 6.45) is 1.53. The van der Waals surface area contributed by atoms with Crippen molar-refractivity contribution in [1.82, 2.24) is 4.90 Å². The van der Waals surface area contributed by atoms with Crippen molar-refractivity contribution in [3.05, 3.63) is 84.1 Å². The summed E-state index contributed by atoms with van der Waals surface area (Å²) in [4.78, 5) is 13.8. The quantitative estimate of drug-likeness (QED) is 0.481. The van der Waals surface area contributed by atoms with E-state index in [9.17, 15) is 17.6 Å². The fourth-order valence-electron chi connectivity index (χ4n) is 2.68. The van der Waals surface area contributed by atoms with Gasteiger partial charge in [0.15, 0.2) is 0 Å². The average Bonchev–Trinajstić information content (AvgIpc) is 3.22. The van der Waals surface area contributed by atoms with Crippen LogP contribution in [0.1, 0.15) is 11.3 Å². The van der Waals surface area contributed by atoms with E-state index in [4.69, 9.17) is 13.3 Å². The summed E-state index contributed by atoms with van der Waals surface area (Å²) in [6, 6.07) is 14.2. The second-order valence-corrected chi connectivity index (χ2v) is 7.94. The smallest absolute Gasteiger partial charge is 0.339 e. The maximum atomic E-state index is 13.0. The number of ether oxygens (including phenoxy) is 1. The van der Waals surface area contributed by atoms with Gasteiger partial charge >= 0.3 is 10.1 Å². The largest absolute Gasteiger partial charge is 0.467 e. The van der Waals surface area contributed by atoms with E-state index in [1.165, 1.54) is 25.5 Å². The molecule has 2 aromatic carbocycles. The molecule has 0 unspecified atom stereocenters. The Morgan fingerprint density at radius 3 is 2.33 bits per heavy atom. The highest BCUT2D eigenvalue weighted by Crippen LogP contribution is 2.20. The number of halogens is 1.